The lowest BCUT2D eigenvalue weighted by atomic mass is 9.95. The summed E-state index contributed by atoms with van der Waals surface area (Å²) < 4.78 is 0. The van der Waals surface area contributed by atoms with E-state index >= 15 is 0 Å². The molecule has 27 heavy (non-hydrogen) atoms. The Labute approximate surface area is 163 Å². The maximum Gasteiger partial charge on any atom is 0.253 e. The Morgan fingerprint density at radius 3 is 2.19 bits per heavy atom. The summed E-state index contributed by atoms with van der Waals surface area (Å²) in [6.45, 7) is 6.61. The summed E-state index contributed by atoms with van der Waals surface area (Å²) in [4.78, 5) is 17.6. The molecule has 0 bridgehead atoms. The van der Waals surface area contributed by atoms with Crippen LogP contribution in [0.1, 0.15) is 43.0 Å². The van der Waals surface area contributed by atoms with Crippen LogP contribution in [-0.4, -0.2) is 47.9 Å². The number of piperidine rings is 2. The van der Waals surface area contributed by atoms with E-state index in [9.17, 15) is 4.79 Å². The van der Waals surface area contributed by atoms with Gasteiger partial charge in [0.2, 0.25) is 0 Å². The molecule has 0 saturated carbocycles. The van der Waals surface area contributed by atoms with E-state index in [1.54, 1.807) is 0 Å². The molecule has 2 aliphatic heterocycles. The van der Waals surface area contributed by atoms with Gasteiger partial charge in [0.15, 0.2) is 0 Å². The van der Waals surface area contributed by atoms with Gasteiger partial charge in [0.05, 0.1) is 0 Å². The van der Waals surface area contributed by atoms with Crippen molar-refractivity contribution in [2.24, 2.45) is 5.92 Å². The van der Waals surface area contributed by atoms with Crippen LogP contribution >= 0.6 is 0 Å². The van der Waals surface area contributed by atoms with Gasteiger partial charge in [0.25, 0.3) is 5.91 Å². The number of benzene rings is 2. The van der Waals surface area contributed by atoms with Crippen LogP contribution in [-0.2, 0) is 0 Å². The highest BCUT2D eigenvalue weighted by atomic mass is 16.2. The van der Waals surface area contributed by atoms with E-state index in [4.69, 9.17) is 0 Å². The van der Waals surface area contributed by atoms with Crippen molar-refractivity contribution in [3.05, 3.63) is 60.2 Å². The van der Waals surface area contributed by atoms with Gasteiger partial charge in [-0.1, -0.05) is 49.4 Å². The molecule has 2 aromatic carbocycles. The lowest BCUT2D eigenvalue weighted by Gasteiger charge is -2.41. The fraction of sp³-hybridized carbons (Fsp3) is 0.458. The molecule has 2 aliphatic rings. The second-order valence-electron chi connectivity index (χ2n) is 8.21. The number of hydrogen-bond acceptors (Lipinski definition) is 2. The van der Waals surface area contributed by atoms with Crippen molar-refractivity contribution in [2.45, 2.75) is 38.6 Å². The maximum atomic E-state index is 12.9. The zero-order valence-electron chi connectivity index (χ0n) is 16.3. The minimum Gasteiger partial charge on any atom is -0.339 e. The van der Waals surface area contributed by atoms with E-state index in [0.29, 0.717) is 6.04 Å². The average molecular weight is 363 g/mol. The number of carbonyl (C=O) groups is 1. The van der Waals surface area contributed by atoms with Gasteiger partial charge < -0.3 is 4.90 Å². The third kappa shape index (κ3) is 4.24. The zero-order valence-corrected chi connectivity index (χ0v) is 16.3. The standard InChI is InChI=1S/C24H30N2O/c1-19-6-5-15-26(18-19)23-13-16-25(17-14-23)24(27)22-11-9-21(10-12-22)20-7-3-2-4-8-20/h2-4,7-12,19,23H,5-6,13-18H2,1H3. The van der Waals surface area contributed by atoms with Gasteiger partial charge in [-0.05, 0) is 61.4 Å². The van der Waals surface area contributed by atoms with Crippen LogP contribution in [0.25, 0.3) is 11.1 Å². The predicted molar refractivity (Wildman–Crippen MR) is 111 cm³/mol. The Morgan fingerprint density at radius 1 is 0.852 bits per heavy atom. The van der Waals surface area contributed by atoms with E-state index in [0.717, 1.165) is 43.0 Å². The van der Waals surface area contributed by atoms with Crippen LogP contribution in [0.2, 0.25) is 0 Å². The molecule has 2 fully saturated rings. The first-order valence-electron chi connectivity index (χ1n) is 10.4. The number of carbonyl (C=O) groups excluding carboxylic acids is 1. The molecule has 142 valence electrons. The number of hydrogen-bond donors (Lipinski definition) is 0. The van der Waals surface area contributed by atoms with E-state index in [1.807, 2.05) is 35.2 Å². The second-order valence-corrected chi connectivity index (χ2v) is 8.21. The number of nitrogens with zero attached hydrogens (tertiary/aromatic N) is 2. The van der Waals surface area contributed by atoms with Gasteiger partial charge in [-0.25, -0.2) is 0 Å². The summed E-state index contributed by atoms with van der Waals surface area (Å²) in [6, 6.07) is 19.0. The Balaban J connectivity index is 1.35. The second kappa shape index (κ2) is 8.26. The fourth-order valence-corrected chi connectivity index (χ4v) is 4.61. The van der Waals surface area contributed by atoms with Crippen LogP contribution in [0, 0.1) is 5.92 Å². The highest BCUT2D eigenvalue weighted by molar-refractivity contribution is 5.94. The molecule has 1 unspecified atom stereocenters. The van der Waals surface area contributed by atoms with E-state index in [1.165, 1.54) is 31.5 Å². The molecule has 0 radical (unpaired) electrons. The zero-order chi connectivity index (χ0) is 18.6. The fourth-order valence-electron chi connectivity index (χ4n) is 4.61. The SMILES string of the molecule is CC1CCCN(C2CCN(C(=O)c3ccc(-c4ccccc4)cc3)CC2)C1. The van der Waals surface area contributed by atoms with E-state index < -0.39 is 0 Å². The number of likely N-dealkylation sites (tertiary alicyclic amines) is 2. The third-order valence-electron chi connectivity index (χ3n) is 6.20. The lowest BCUT2D eigenvalue weighted by molar-refractivity contribution is 0.0542. The van der Waals surface area contributed by atoms with Crippen LogP contribution in [0.3, 0.4) is 0 Å². The normalized spacial score (nSPS) is 22.0. The van der Waals surface area contributed by atoms with Gasteiger partial charge in [0, 0.05) is 31.2 Å². The van der Waals surface area contributed by atoms with Crippen molar-refractivity contribution < 1.29 is 4.79 Å². The smallest absolute Gasteiger partial charge is 0.253 e. The van der Waals surface area contributed by atoms with Crippen LogP contribution < -0.4 is 0 Å². The van der Waals surface area contributed by atoms with Crippen molar-refractivity contribution in [1.82, 2.24) is 9.80 Å². The molecule has 1 atom stereocenters. The van der Waals surface area contributed by atoms with Crippen LogP contribution in [0.15, 0.2) is 54.6 Å². The Hall–Kier alpha value is -2.13. The molecule has 3 heteroatoms. The first-order valence-corrected chi connectivity index (χ1v) is 10.4. The minimum atomic E-state index is 0.181. The summed E-state index contributed by atoms with van der Waals surface area (Å²) in [5, 5.41) is 0. The summed E-state index contributed by atoms with van der Waals surface area (Å²) >= 11 is 0. The Morgan fingerprint density at radius 2 is 1.52 bits per heavy atom. The highest BCUT2D eigenvalue weighted by Crippen LogP contribution is 2.25. The van der Waals surface area contributed by atoms with Crippen molar-refractivity contribution in [3.8, 4) is 11.1 Å². The van der Waals surface area contributed by atoms with Crippen molar-refractivity contribution >= 4 is 5.91 Å². The van der Waals surface area contributed by atoms with Crippen LogP contribution in [0.5, 0.6) is 0 Å². The molecule has 0 aromatic heterocycles. The van der Waals surface area contributed by atoms with Crippen molar-refractivity contribution in [2.75, 3.05) is 26.2 Å². The molecule has 4 rings (SSSR count). The summed E-state index contributed by atoms with van der Waals surface area (Å²) in [5.74, 6) is 1.00. The Bertz CT molecular complexity index is 748. The van der Waals surface area contributed by atoms with Gasteiger partial charge in [-0.3, -0.25) is 9.69 Å². The number of rotatable bonds is 3. The lowest BCUT2D eigenvalue weighted by Crippen LogP contribution is -2.49. The van der Waals surface area contributed by atoms with E-state index in [2.05, 4.69) is 36.1 Å². The summed E-state index contributed by atoms with van der Waals surface area (Å²) in [5.41, 5.74) is 3.15. The monoisotopic (exact) mass is 362 g/mol. The molecule has 2 aromatic rings. The summed E-state index contributed by atoms with van der Waals surface area (Å²) in [6.07, 6.45) is 4.92. The molecule has 1 amide bonds. The molecule has 0 spiro atoms. The van der Waals surface area contributed by atoms with Crippen molar-refractivity contribution in [1.29, 1.82) is 0 Å². The molecule has 0 N–H and O–H groups in total. The van der Waals surface area contributed by atoms with E-state index in [-0.39, 0.29) is 5.91 Å². The molecule has 0 aliphatic carbocycles. The van der Waals surface area contributed by atoms with Gasteiger partial charge in [-0.15, -0.1) is 0 Å². The quantitative estimate of drug-likeness (QED) is 0.791. The van der Waals surface area contributed by atoms with Gasteiger partial charge >= 0.3 is 0 Å². The van der Waals surface area contributed by atoms with Crippen LogP contribution in [0.4, 0.5) is 0 Å². The first-order chi connectivity index (χ1) is 13.2. The largest absolute Gasteiger partial charge is 0.339 e. The molecule has 3 nitrogen and oxygen atoms in total. The topological polar surface area (TPSA) is 23.6 Å². The van der Waals surface area contributed by atoms with Gasteiger partial charge in [-0.2, -0.15) is 0 Å². The molecule has 2 saturated heterocycles. The molecular weight excluding hydrogens is 332 g/mol. The summed E-state index contributed by atoms with van der Waals surface area (Å²) in [7, 11) is 0. The molecule has 2 heterocycles. The Kier molecular flexibility index (Phi) is 5.58. The maximum absolute atomic E-state index is 12.9. The predicted octanol–water partition coefficient (Wildman–Crippen LogP) is 4.69. The van der Waals surface area contributed by atoms with Gasteiger partial charge in [0.1, 0.15) is 0 Å². The average Bonchev–Trinajstić information content (AvgIpc) is 2.74. The first kappa shape index (κ1) is 18.2. The highest BCUT2D eigenvalue weighted by Gasteiger charge is 2.29. The number of amides is 1. The van der Waals surface area contributed by atoms with Crippen molar-refractivity contribution in [3.63, 3.8) is 0 Å². The minimum absolute atomic E-state index is 0.181. The third-order valence-corrected chi connectivity index (χ3v) is 6.20. The molecular formula is C24H30N2O.